The Hall–Kier alpha value is 0. The van der Waals surface area contributed by atoms with Gasteiger partial charge in [0.25, 0.3) is 0 Å². The van der Waals surface area contributed by atoms with E-state index in [0.717, 1.165) is 11.8 Å². The summed E-state index contributed by atoms with van der Waals surface area (Å²) in [5, 5.41) is 0. The molecule has 0 aromatic rings. The molecule has 2 unspecified atom stereocenters. The van der Waals surface area contributed by atoms with Crippen LogP contribution in [-0.4, -0.2) is 0 Å². The van der Waals surface area contributed by atoms with Crippen LogP contribution in [0.5, 0.6) is 0 Å². The van der Waals surface area contributed by atoms with E-state index in [1.54, 1.807) is 0 Å². The molecule has 0 heterocycles. The van der Waals surface area contributed by atoms with Gasteiger partial charge in [0.1, 0.15) is 0 Å². The zero-order valence-corrected chi connectivity index (χ0v) is 12.6. The zero-order chi connectivity index (χ0) is 12.6. The normalized spacial score (nSPS) is 16.1. The standard InChI is InChI=1S/C16H34/c1-7-9-10-11-12-13-14(3)15(4)16(5,6)8-2/h14-15H,7-13H2,1-6H3. The van der Waals surface area contributed by atoms with Crippen LogP contribution in [0.15, 0.2) is 0 Å². The van der Waals surface area contributed by atoms with E-state index in [1.165, 1.54) is 44.9 Å². The van der Waals surface area contributed by atoms with Crippen LogP contribution >= 0.6 is 0 Å². The largest absolute Gasteiger partial charge is 0.0654 e. The van der Waals surface area contributed by atoms with E-state index in [2.05, 4.69) is 41.5 Å². The molecule has 0 rings (SSSR count). The van der Waals surface area contributed by atoms with E-state index < -0.39 is 0 Å². The molecule has 0 fully saturated rings. The minimum atomic E-state index is 0.517. The SMILES string of the molecule is CCCCCCCC(C)C(C)C(C)(C)CC. The monoisotopic (exact) mass is 226 g/mol. The molecule has 0 aliphatic rings. The molecular weight excluding hydrogens is 192 g/mol. The maximum Gasteiger partial charge on any atom is -0.0329 e. The van der Waals surface area contributed by atoms with Gasteiger partial charge in [-0.3, -0.25) is 0 Å². The third-order valence-corrected chi connectivity index (χ3v) is 4.76. The highest BCUT2D eigenvalue weighted by Crippen LogP contribution is 2.37. The topological polar surface area (TPSA) is 0 Å². The molecule has 16 heavy (non-hydrogen) atoms. The molecular formula is C16H34. The van der Waals surface area contributed by atoms with Crippen molar-refractivity contribution < 1.29 is 0 Å². The Morgan fingerprint density at radius 1 is 0.875 bits per heavy atom. The van der Waals surface area contributed by atoms with Gasteiger partial charge in [0, 0.05) is 0 Å². The highest BCUT2D eigenvalue weighted by Gasteiger charge is 2.27. The molecule has 0 spiro atoms. The summed E-state index contributed by atoms with van der Waals surface area (Å²) in [6, 6.07) is 0. The van der Waals surface area contributed by atoms with Gasteiger partial charge in [0.05, 0.1) is 0 Å². The summed E-state index contributed by atoms with van der Waals surface area (Å²) in [6.45, 7) is 14.3. The first kappa shape index (κ1) is 16.0. The summed E-state index contributed by atoms with van der Waals surface area (Å²) in [5.41, 5.74) is 0.517. The van der Waals surface area contributed by atoms with Crippen molar-refractivity contribution in [1.29, 1.82) is 0 Å². The van der Waals surface area contributed by atoms with Crippen molar-refractivity contribution in [2.24, 2.45) is 17.3 Å². The molecule has 0 aromatic heterocycles. The van der Waals surface area contributed by atoms with Crippen molar-refractivity contribution in [2.75, 3.05) is 0 Å². The number of hydrogen-bond donors (Lipinski definition) is 0. The van der Waals surface area contributed by atoms with Crippen LogP contribution in [0.3, 0.4) is 0 Å². The van der Waals surface area contributed by atoms with E-state index in [0.29, 0.717) is 5.41 Å². The summed E-state index contributed by atoms with van der Waals surface area (Å²) in [4.78, 5) is 0. The third kappa shape index (κ3) is 5.92. The highest BCUT2D eigenvalue weighted by atomic mass is 14.3. The van der Waals surface area contributed by atoms with E-state index >= 15 is 0 Å². The molecule has 0 bridgehead atoms. The molecule has 0 saturated carbocycles. The molecule has 0 saturated heterocycles. The summed E-state index contributed by atoms with van der Waals surface area (Å²) < 4.78 is 0. The first-order valence-electron chi connectivity index (χ1n) is 7.45. The lowest BCUT2D eigenvalue weighted by Gasteiger charge is -2.35. The van der Waals surface area contributed by atoms with Crippen molar-refractivity contribution in [3.63, 3.8) is 0 Å². The fraction of sp³-hybridized carbons (Fsp3) is 1.00. The van der Waals surface area contributed by atoms with Crippen LogP contribution in [0.1, 0.15) is 86.5 Å². The van der Waals surface area contributed by atoms with Gasteiger partial charge < -0.3 is 0 Å². The van der Waals surface area contributed by atoms with E-state index in [1.807, 2.05) is 0 Å². The van der Waals surface area contributed by atoms with Crippen molar-refractivity contribution in [1.82, 2.24) is 0 Å². The molecule has 0 nitrogen and oxygen atoms in total. The van der Waals surface area contributed by atoms with Crippen molar-refractivity contribution >= 4 is 0 Å². The molecule has 0 heteroatoms. The van der Waals surface area contributed by atoms with Gasteiger partial charge in [0.15, 0.2) is 0 Å². The Balaban J connectivity index is 3.75. The second-order valence-electron chi connectivity index (χ2n) is 6.31. The second-order valence-corrected chi connectivity index (χ2v) is 6.31. The minimum absolute atomic E-state index is 0.517. The van der Waals surface area contributed by atoms with Crippen molar-refractivity contribution in [3.8, 4) is 0 Å². The maximum absolute atomic E-state index is 2.45. The molecule has 0 aromatic carbocycles. The van der Waals surface area contributed by atoms with Crippen molar-refractivity contribution in [2.45, 2.75) is 86.5 Å². The number of rotatable bonds is 9. The summed E-state index contributed by atoms with van der Waals surface area (Å²) in [6.07, 6.45) is 9.82. The van der Waals surface area contributed by atoms with E-state index in [4.69, 9.17) is 0 Å². The Labute approximate surface area is 104 Å². The predicted molar refractivity (Wildman–Crippen MR) is 75.8 cm³/mol. The van der Waals surface area contributed by atoms with Gasteiger partial charge in [-0.25, -0.2) is 0 Å². The van der Waals surface area contributed by atoms with Crippen LogP contribution in [0.2, 0.25) is 0 Å². The smallest absolute Gasteiger partial charge is 0.0329 e. The minimum Gasteiger partial charge on any atom is -0.0654 e. The summed E-state index contributed by atoms with van der Waals surface area (Å²) in [7, 11) is 0. The van der Waals surface area contributed by atoms with Gasteiger partial charge in [-0.15, -0.1) is 0 Å². The lowest BCUT2D eigenvalue weighted by molar-refractivity contribution is 0.150. The maximum atomic E-state index is 2.45. The summed E-state index contributed by atoms with van der Waals surface area (Å²) in [5.74, 6) is 1.74. The molecule has 0 N–H and O–H groups in total. The van der Waals surface area contributed by atoms with Crippen LogP contribution in [0.25, 0.3) is 0 Å². The van der Waals surface area contributed by atoms with Crippen LogP contribution in [-0.2, 0) is 0 Å². The molecule has 98 valence electrons. The van der Waals surface area contributed by atoms with Crippen LogP contribution < -0.4 is 0 Å². The first-order chi connectivity index (χ1) is 7.45. The lowest BCUT2D eigenvalue weighted by atomic mass is 9.70. The van der Waals surface area contributed by atoms with Gasteiger partial charge in [0.2, 0.25) is 0 Å². The Morgan fingerprint density at radius 2 is 1.44 bits per heavy atom. The van der Waals surface area contributed by atoms with Crippen LogP contribution in [0, 0.1) is 17.3 Å². The third-order valence-electron chi connectivity index (χ3n) is 4.76. The number of hydrogen-bond acceptors (Lipinski definition) is 0. The average Bonchev–Trinajstić information content (AvgIpc) is 2.27. The van der Waals surface area contributed by atoms with Gasteiger partial charge in [-0.05, 0) is 17.3 Å². The van der Waals surface area contributed by atoms with E-state index in [9.17, 15) is 0 Å². The quantitative estimate of drug-likeness (QED) is 0.419. The van der Waals surface area contributed by atoms with E-state index in [-0.39, 0.29) is 0 Å². The van der Waals surface area contributed by atoms with Crippen LogP contribution in [0.4, 0.5) is 0 Å². The predicted octanol–water partition coefficient (Wildman–Crippen LogP) is 6.06. The lowest BCUT2D eigenvalue weighted by Crippen LogP contribution is -2.26. The Bertz CT molecular complexity index is 157. The van der Waals surface area contributed by atoms with Gasteiger partial charge in [-0.1, -0.05) is 86.5 Å². The molecule has 0 aliphatic carbocycles. The molecule has 0 amide bonds. The Kier molecular flexibility index (Phi) is 8.14. The zero-order valence-electron chi connectivity index (χ0n) is 12.6. The number of unbranched alkanes of at least 4 members (excludes halogenated alkanes) is 4. The van der Waals surface area contributed by atoms with Gasteiger partial charge in [-0.2, -0.15) is 0 Å². The Morgan fingerprint density at radius 3 is 1.94 bits per heavy atom. The van der Waals surface area contributed by atoms with Gasteiger partial charge >= 0.3 is 0 Å². The van der Waals surface area contributed by atoms with Crippen molar-refractivity contribution in [3.05, 3.63) is 0 Å². The second kappa shape index (κ2) is 8.14. The fourth-order valence-corrected chi connectivity index (χ4v) is 2.41. The summed E-state index contributed by atoms with van der Waals surface area (Å²) >= 11 is 0. The first-order valence-corrected chi connectivity index (χ1v) is 7.45. The molecule has 0 aliphatic heterocycles. The average molecular weight is 226 g/mol. The molecule has 2 atom stereocenters. The fourth-order valence-electron chi connectivity index (χ4n) is 2.41. The highest BCUT2D eigenvalue weighted by molar-refractivity contribution is 4.77. The molecule has 0 radical (unpaired) electrons.